The average Bonchev–Trinajstić information content (AvgIpc) is 3.06. The maximum absolute atomic E-state index is 10.9. The summed E-state index contributed by atoms with van der Waals surface area (Å²) < 4.78 is 12.9. The van der Waals surface area contributed by atoms with Crippen LogP contribution < -0.4 is 0 Å². The van der Waals surface area contributed by atoms with E-state index in [0.29, 0.717) is 19.8 Å². The molecular formula is C23H27N3O3S. The SMILES string of the molecule is CC(=O)OCCOCc1nc(C(C)C)c(Sc2ccccc2)n1Cc1ccncc1. The second kappa shape index (κ2) is 10.9. The highest BCUT2D eigenvalue weighted by Crippen LogP contribution is 2.35. The van der Waals surface area contributed by atoms with Gasteiger partial charge in [0.05, 0.1) is 18.8 Å². The fourth-order valence-electron chi connectivity index (χ4n) is 2.94. The number of aromatic nitrogens is 3. The number of carbonyl (C=O) groups excluding carboxylic acids is 1. The monoisotopic (exact) mass is 425 g/mol. The van der Waals surface area contributed by atoms with Crippen LogP contribution in [0.25, 0.3) is 0 Å². The summed E-state index contributed by atoms with van der Waals surface area (Å²) in [6, 6.07) is 14.3. The topological polar surface area (TPSA) is 66.2 Å². The lowest BCUT2D eigenvalue weighted by atomic mass is 10.1. The fraction of sp³-hybridized carbons (Fsp3) is 0.348. The Bertz CT molecular complexity index is 943. The number of pyridine rings is 1. The van der Waals surface area contributed by atoms with Gasteiger partial charge in [0.2, 0.25) is 0 Å². The van der Waals surface area contributed by atoms with E-state index < -0.39 is 0 Å². The van der Waals surface area contributed by atoms with Crippen LogP contribution >= 0.6 is 11.8 Å². The molecule has 0 fully saturated rings. The Morgan fingerprint density at radius 1 is 1.10 bits per heavy atom. The van der Waals surface area contributed by atoms with Crippen LogP contribution in [-0.4, -0.2) is 33.7 Å². The zero-order valence-corrected chi connectivity index (χ0v) is 18.4. The predicted octanol–water partition coefficient (Wildman–Crippen LogP) is 4.68. The molecule has 0 N–H and O–H groups in total. The molecule has 3 rings (SSSR count). The maximum atomic E-state index is 10.9. The van der Waals surface area contributed by atoms with Gasteiger partial charge in [0.15, 0.2) is 0 Å². The van der Waals surface area contributed by atoms with Gasteiger partial charge in [0.1, 0.15) is 24.1 Å². The summed E-state index contributed by atoms with van der Waals surface area (Å²) in [5.41, 5.74) is 2.20. The maximum Gasteiger partial charge on any atom is 0.302 e. The summed E-state index contributed by atoms with van der Waals surface area (Å²) in [6.07, 6.45) is 3.60. The number of imidazole rings is 1. The second-order valence-corrected chi connectivity index (χ2v) is 8.18. The van der Waals surface area contributed by atoms with Crippen molar-refractivity contribution in [3.05, 3.63) is 71.9 Å². The quantitative estimate of drug-likeness (QED) is 0.347. The number of esters is 1. The molecule has 0 bridgehead atoms. The minimum atomic E-state index is -0.304. The number of benzene rings is 1. The van der Waals surface area contributed by atoms with E-state index in [2.05, 4.69) is 35.5 Å². The lowest BCUT2D eigenvalue weighted by Gasteiger charge is -2.14. The van der Waals surface area contributed by atoms with Gasteiger partial charge >= 0.3 is 5.97 Å². The summed E-state index contributed by atoms with van der Waals surface area (Å²) in [5.74, 6) is 0.827. The van der Waals surface area contributed by atoms with E-state index in [9.17, 15) is 4.79 Å². The van der Waals surface area contributed by atoms with Crippen molar-refractivity contribution < 1.29 is 14.3 Å². The third-order valence-electron chi connectivity index (χ3n) is 4.38. The van der Waals surface area contributed by atoms with Crippen LogP contribution in [0.2, 0.25) is 0 Å². The van der Waals surface area contributed by atoms with E-state index in [-0.39, 0.29) is 18.5 Å². The van der Waals surface area contributed by atoms with Gasteiger partial charge < -0.3 is 14.0 Å². The molecule has 7 heteroatoms. The van der Waals surface area contributed by atoms with Gasteiger partial charge in [-0.05, 0) is 35.7 Å². The number of hydrogen-bond acceptors (Lipinski definition) is 6. The Balaban J connectivity index is 1.89. The molecule has 0 saturated carbocycles. The second-order valence-electron chi connectivity index (χ2n) is 7.12. The summed E-state index contributed by atoms with van der Waals surface area (Å²) in [5, 5.41) is 1.12. The molecular weight excluding hydrogens is 398 g/mol. The highest BCUT2D eigenvalue weighted by Gasteiger charge is 2.21. The zero-order chi connectivity index (χ0) is 21.3. The normalized spacial score (nSPS) is 11.1. The van der Waals surface area contributed by atoms with Crippen LogP contribution in [-0.2, 0) is 27.4 Å². The number of nitrogens with zero attached hydrogens (tertiary/aromatic N) is 3. The third-order valence-corrected chi connectivity index (χ3v) is 5.51. The number of rotatable bonds is 10. The molecule has 0 unspecified atom stereocenters. The first kappa shape index (κ1) is 22.1. The molecule has 0 atom stereocenters. The summed E-state index contributed by atoms with van der Waals surface area (Å²) in [4.78, 5) is 21.1. The van der Waals surface area contributed by atoms with E-state index >= 15 is 0 Å². The highest BCUT2D eigenvalue weighted by molar-refractivity contribution is 7.99. The molecule has 6 nitrogen and oxygen atoms in total. The van der Waals surface area contributed by atoms with Crippen LogP contribution in [0.5, 0.6) is 0 Å². The highest BCUT2D eigenvalue weighted by atomic mass is 32.2. The first-order valence-corrected chi connectivity index (χ1v) is 10.8. The van der Waals surface area contributed by atoms with E-state index in [1.807, 2.05) is 30.3 Å². The number of ether oxygens (including phenoxy) is 2. The summed E-state index contributed by atoms with van der Waals surface area (Å²) in [6.45, 7) is 7.30. The molecule has 0 aliphatic carbocycles. The van der Waals surface area contributed by atoms with Gasteiger partial charge in [0, 0.05) is 24.2 Å². The molecule has 3 aromatic rings. The van der Waals surface area contributed by atoms with Crippen LogP contribution in [0.15, 0.2) is 64.8 Å². The van der Waals surface area contributed by atoms with Gasteiger partial charge in [-0.2, -0.15) is 0 Å². The molecule has 0 aliphatic heterocycles. The van der Waals surface area contributed by atoms with Gasteiger partial charge in [0.25, 0.3) is 0 Å². The van der Waals surface area contributed by atoms with Crippen molar-refractivity contribution in [3.63, 3.8) is 0 Å². The predicted molar refractivity (Wildman–Crippen MR) is 117 cm³/mol. The smallest absolute Gasteiger partial charge is 0.302 e. The third kappa shape index (κ3) is 6.18. The lowest BCUT2D eigenvalue weighted by molar-refractivity contribution is -0.142. The van der Waals surface area contributed by atoms with Gasteiger partial charge in [-0.3, -0.25) is 9.78 Å². The molecule has 0 saturated heterocycles. The van der Waals surface area contributed by atoms with Gasteiger partial charge in [-0.15, -0.1) is 0 Å². The Labute approximate surface area is 181 Å². The van der Waals surface area contributed by atoms with E-state index in [4.69, 9.17) is 14.5 Å². The van der Waals surface area contributed by atoms with Crippen molar-refractivity contribution >= 4 is 17.7 Å². The van der Waals surface area contributed by atoms with E-state index in [1.165, 1.54) is 6.92 Å². The zero-order valence-electron chi connectivity index (χ0n) is 17.6. The van der Waals surface area contributed by atoms with Crippen LogP contribution in [0, 0.1) is 0 Å². The standard InChI is InChI=1S/C23H27N3O3S/c1-17(2)22-23(30-20-7-5-4-6-8-20)26(15-19-9-11-24-12-10-19)21(25-22)16-28-13-14-29-18(3)27/h4-12,17H,13-16H2,1-3H3. The Morgan fingerprint density at radius 3 is 2.50 bits per heavy atom. The largest absolute Gasteiger partial charge is 0.463 e. The summed E-state index contributed by atoms with van der Waals surface area (Å²) in [7, 11) is 0. The molecule has 2 heterocycles. The van der Waals surface area contributed by atoms with Crippen molar-refractivity contribution in [2.45, 2.75) is 49.8 Å². The van der Waals surface area contributed by atoms with Crippen molar-refractivity contribution in [2.75, 3.05) is 13.2 Å². The number of carbonyl (C=O) groups is 1. The van der Waals surface area contributed by atoms with Gasteiger partial charge in [-0.1, -0.05) is 43.8 Å². The molecule has 0 radical (unpaired) electrons. The molecule has 30 heavy (non-hydrogen) atoms. The fourth-order valence-corrected chi connectivity index (χ4v) is 4.12. The minimum absolute atomic E-state index is 0.239. The lowest BCUT2D eigenvalue weighted by Crippen LogP contribution is -2.11. The molecule has 1 aromatic carbocycles. The Morgan fingerprint density at radius 2 is 1.83 bits per heavy atom. The number of hydrogen-bond donors (Lipinski definition) is 0. The van der Waals surface area contributed by atoms with E-state index in [1.54, 1.807) is 24.2 Å². The van der Waals surface area contributed by atoms with Crippen molar-refractivity contribution in [2.24, 2.45) is 0 Å². The van der Waals surface area contributed by atoms with Crippen molar-refractivity contribution in [3.8, 4) is 0 Å². The summed E-state index contributed by atoms with van der Waals surface area (Å²) >= 11 is 1.72. The molecule has 0 amide bonds. The first-order valence-electron chi connectivity index (χ1n) is 9.96. The van der Waals surface area contributed by atoms with Gasteiger partial charge in [-0.25, -0.2) is 4.98 Å². The van der Waals surface area contributed by atoms with Crippen LogP contribution in [0.4, 0.5) is 0 Å². The molecule has 0 aliphatic rings. The first-order chi connectivity index (χ1) is 14.5. The van der Waals surface area contributed by atoms with Crippen molar-refractivity contribution in [1.82, 2.24) is 14.5 Å². The molecule has 158 valence electrons. The van der Waals surface area contributed by atoms with Crippen molar-refractivity contribution in [1.29, 1.82) is 0 Å². The Kier molecular flexibility index (Phi) is 8.04. The Hall–Kier alpha value is -2.64. The molecule has 0 spiro atoms. The molecule has 2 aromatic heterocycles. The van der Waals surface area contributed by atoms with Crippen LogP contribution in [0.3, 0.4) is 0 Å². The van der Waals surface area contributed by atoms with E-state index in [0.717, 1.165) is 27.0 Å². The van der Waals surface area contributed by atoms with Crippen LogP contribution in [0.1, 0.15) is 43.8 Å². The minimum Gasteiger partial charge on any atom is -0.463 e. The average molecular weight is 426 g/mol.